The van der Waals surface area contributed by atoms with Gasteiger partial charge in [-0.3, -0.25) is 4.90 Å². The van der Waals surface area contributed by atoms with E-state index < -0.39 is 5.60 Å². The van der Waals surface area contributed by atoms with Crippen LogP contribution < -0.4 is 0 Å². The van der Waals surface area contributed by atoms with Crippen LogP contribution in [-0.2, 0) is 18.2 Å². The van der Waals surface area contributed by atoms with E-state index in [1.54, 1.807) is 4.90 Å². The number of benzene rings is 1. The molecule has 25 heavy (non-hydrogen) atoms. The van der Waals surface area contributed by atoms with Crippen molar-refractivity contribution >= 4 is 17.0 Å². The van der Waals surface area contributed by atoms with Gasteiger partial charge in [-0.1, -0.05) is 31.2 Å². The number of carbonyl (C=O) groups is 1. The first-order valence-electron chi connectivity index (χ1n) is 9.26. The third-order valence-corrected chi connectivity index (χ3v) is 6.13. The predicted molar refractivity (Wildman–Crippen MR) is 99.5 cm³/mol. The van der Waals surface area contributed by atoms with E-state index in [9.17, 15) is 4.79 Å². The number of fused-ring (bicyclic) bond motifs is 1. The number of rotatable bonds is 3. The van der Waals surface area contributed by atoms with Gasteiger partial charge in [0.2, 0.25) is 0 Å². The minimum atomic E-state index is -0.427. The van der Waals surface area contributed by atoms with E-state index in [1.165, 1.54) is 28.6 Å². The Bertz CT molecular complexity index is 843. The Kier molecular flexibility index (Phi) is 3.86. The van der Waals surface area contributed by atoms with Gasteiger partial charge in [0.25, 0.3) is 0 Å². The Balaban J connectivity index is 1.57. The zero-order chi connectivity index (χ0) is 17.6. The van der Waals surface area contributed by atoms with E-state index in [0.717, 1.165) is 37.8 Å². The summed E-state index contributed by atoms with van der Waals surface area (Å²) in [7, 11) is 2.10. The second kappa shape index (κ2) is 5.94. The van der Waals surface area contributed by atoms with E-state index in [1.807, 2.05) is 0 Å². The summed E-state index contributed by atoms with van der Waals surface area (Å²) in [4.78, 5) is 14.2. The highest BCUT2D eigenvalue weighted by molar-refractivity contribution is 5.85. The molecule has 1 amide bonds. The van der Waals surface area contributed by atoms with Crippen LogP contribution in [-0.4, -0.2) is 27.7 Å². The fourth-order valence-electron chi connectivity index (χ4n) is 4.52. The van der Waals surface area contributed by atoms with Crippen LogP contribution in [0.1, 0.15) is 43.4 Å². The van der Waals surface area contributed by atoms with Gasteiger partial charge in [-0.05, 0) is 50.7 Å². The van der Waals surface area contributed by atoms with E-state index in [0.29, 0.717) is 6.54 Å². The van der Waals surface area contributed by atoms with E-state index >= 15 is 0 Å². The lowest BCUT2D eigenvalue weighted by molar-refractivity contribution is 0.0402. The molecule has 0 atom stereocenters. The first-order valence-corrected chi connectivity index (χ1v) is 9.26. The summed E-state index contributed by atoms with van der Waals surface area (Å²) in [5.74, 6) is 0. The molecule has 1 spiro atoms. The SMILES string of the molecule is C=C1N(CCc2c(C)n(C)c3ccccc23)C(=O)OC12CCCCC2. The molecule has 1 aromatic heterocycles. The summed E-state index contributed by atoms with van der Waals surface area (Å²) >= 11 is 0. The molecule has 1 saturated carbocycles. The molecule has 4 heteroatoms. The monoisotopic (exact) mass is 338 g/mol. The molecule has 1 aliphatic carbocycles. The molecule has 0 bridgehead atoms. The van der Waals surface area contributed by atoms with Crippen LogP contribution >= 0.6 is 0 Å². The molecule has 2 fully saturated rings. The molecule has 2 aliphatic rings. The minimum absolute atomic E-state index is 0.218. The van der Waals surface area contributed by atoms with Gasteiger partial charge >= 0.3 is 6.09 Å². The second-order valence-corrected chi connectivity index (χ2v) is 7.41. The summed E-state index contributed by atoms with van der Waals surface area (Å²) in [5, 5.41) is 1.27. The molecule has 0 N–H and O–H groups in total. The second-order valence-electron chi connectivity index (χ2n) is 7.41. The molecular weight excluding hydrogens is 312 g/mol. The summed E-state index contributed by atoms with van der Waals surface area (Å²) in [5.41, 5.74) is 4.25. The molecule has 4 nitrogen and oxygen atoms in total. The van der Waals surface area contributed by atoms with Crippen molar-refractivity contribution in [3.8, 4) is 0 Å². The molecular formula is C21H26N2O2. The van der Waals surface area contributed by atoms with Gasteiger partial charge in [-0.15, -0.1) is 0 Å². The van der Waals surface area contributed by atoms with Gasteiger partial charge in [0.1, 0.15) is 0 Å². The molecule has 1 aliphatic heterocycles. The number of aromatic nitrogens is 1. The van der Waals surface area contributed by atoms with Gasteiger partial charge in [0.05, 0.1) is 5.70 Å². The van der Waals surface area contributed by atoms with Crippen molar-refractivity contribution in [2.24, 2.45) is 7.05 Å². The molecule has 2 heterocycles. The van der Waals surface area contributed by atoms with Crippen LogP contribution in [0.3, 0.4) is 0 Å². The summed E-state index contributed by atoms with van der Waals surface area (Å²) in [6, 6.07) is 8.45. The van der Waals surface area contributed by atoms with Crippen LogP contribution in [0.15, 0.2) is 36.5 Å². The molecule has 4 rings (SSSR count). The first-order chi connectivity index (χ1) is 12.0. The van der Waals surface area contributed by atoms with Crippen molar-refractivity contribution in [2.45, 2.75) is 51.0 Å². The number of carbonyl (C=O) groups excluding carboxylic acids is 1. The van der Waals surface area contributed by atoms with Crippen molar-refractivity contribution in [1.29, 1.82) is 0 Å². The average Bonchev–Trinajstić information content (AvgIpc) is 3.00. The Morgan fingerprint density at radius 3 is 2.68 bits per heavy atom. The Morgan fingerprint density at radius 2 is 1.92 bits per heavy atom. The number of aryl methyl sites for hydroxylation is 1. The highest BCUT2D eigenvalue weighted by Crippen LogP contribution is 2.43. The van der Waals surface area contributed by atoms with Crippen molar-refractivity contribution in [3.05, 3.63) is 47.8 Å². The maximum Gasteiger partial charge on any atom is 0.415 e. The highest BCUT2D eigenvalue weighted by Gasteiger charge is 2.49. The molecule has 0 radical (unpaired) electrons. The normalized spacial score (nSPS) is 19.8. The fraction of sp³-hybridized carbons (Fsp3) is 0.476. The average molecular weight is 338 g/mol. The van der Waals surface area contributed by atoms with Gasteiger partial charge < -0.3 is 9.30 Å². The lowest BCUT2D eigenvalue weighted by Gasteiger charge is -2.32. The van der Waals surface area contributed by atoms with Crippen molar-refractivity contribution in [3.63, 3.8) is 0 Å². The smallest absolute Gasteiger partial charge is 0.415 e. The van der Waals surface area contributed by atoms with Crippen LogP contribution in [0.5, 0.6) is 0 Å². The van der Waals surface area contributed by atoms with Crippen molar-refractivity contribution < 1.29 is 9.53 Å². The first kappa shape index (κ1) is 16.2. The van der Waals surface area contributed by atoms with E-state index in [2.05, 4.69) is 49.4 Å². The fourth-order valence-corrected chi connectivity index (χ4v) is 4.52. The quantitative estimate of drug-likeness (QED) is 0.813. The molecule has 1 saturated heterocycles. The summed E-state index contributed by atoms with van der Waals surface area (Å²) in [6.07, 6.45) is 5.89. The standard InChI is InChI=1S/C21H26N2O2/c1-15-17(18-9-5-6-10-19(18)22(15)3)11-14-23-16(2)21(25-20(23)24)12-7-4-8-13-21/h5-6,9-10H,2,4,7-8,11-14H2,1,3H3. The minimum Gasteiger partial charge on any atom is -0.436 e. The number of para-hydroxylation sites is 1. The van der Waals surface area contributed by atoms with E-state index in [-0.39, 0.29) is 6.09 Å². The largest absolute Gasteiger partial charge is 0.436 e. The van der Waals surface area contributed by atoms with Gasteiger partial charge in [0.15, 0.2) is 5.60 Å². The maximum atomic E-state index is 12.5. The number of hydrogen-bond acceptors (Lipinski definition) is 2. The molecule has 132 valence electrons. The number of nitrogens with zero attached hydrogens (tertiary/aromatic N) is 2. The summed E-state index contributed by atoms with van der Waals surface area (Å²) < 4.78 is 8.03. The third kappa shape index (κ3) is 2.46. The zero-order valence-corrected chi connectivity index (χ0v) is 15.2. The number of amides is 1. The Labute approximate surface area is 149 Å². The van der Waals surface area contributed by atoms with Gasteiger partial charge in [-0.25, -0.2) is 4.79 Å². The van der Waals surface area contributed by atoms with Crippen molar-refractivity contribution in [2.75, 3.05) is 6.54 Å². The lowest BCUT2D eigenvalue weighted by atomic mass is 9.83. The Hall–Kier alpha value is -2.23. The lowest BCUT2D eigenvalue weighted by Crippen LogP contribution is -2.34. The van der Waals surface area contributed by atoms with Crippen molar-refractivity contribution in [1.82, 2.24) is 9.47 Å². The van der Waals surface area contributed by atoms with Crippen LogP contribution in [0.2, 0.25) is 0 Å². The Morgan fingerprint density at radius 1 is 1.20 bits per heavy atom. The van der Waals surface area contributed by atoms with Crippen LogP contribution in [0, 0.1) is 6.92 Å². The molecule has 2 aromatic rings. The molecule has 1 aromatic carbocycles. The number of hydrogen-bond donors (Lipinski definition) is 0. The van der Waals surface area contributed by atoms with Crippen LogP contribution in [0.25, 0.3) is 10.9 Å². The topological polar surface area (TPSA) is 34.5 Å². The van der Waals surface area contributed by atoms with Crippen LogP contribution in [0.4, 0.5) is 4.79 Å². The van der Waals surface area contributed by atoms with Gasteiger partial charge in [0, 0.05) is 30.2 Å². The maximum absolute atomic E-state index is 12.5. The summed E-state index contributed by atoms with van der Waals surface area (Å²) in [6.45, 7) is 7.02. The van der Waals surface area contributed by atoms with E-state index in [4.69, 9.17) is 4.74 Å². The zero-order valence-electron chi connectivity index (χ0n) is 15.2. The predicted octanol–water partition coefficient (Wildman–Crippen LogP) is 4.70. The molecule has 0 unspecified atom stereocenters. The third-order valence-electron chi connectivity index (χ3n) is 6.13. The number of ether oxygens (including phenoxy) is 1. The highest BCUT2D eigenvalue weighted by atomic mass is 16.6. The van der Waals surface area contributed by atoms with Gasteiger partial charge in [-0.2, -0.15) is 0 Å².